The number of hydrogen-bond donors (Lipinski definition) is 1. The third kappa shape index (κ3) is 2.80. The molecule has 0 aliphatic heterocycles. The molecule has 0 saturated carbocycles. The second-order valence-corrected chi connectivity index (χ2v) is 5.91. The molecule has 3 nitrogen and oxygen atoms in total. The van der Waals surface area contributed by atoms with Gasteiger partial charge in [-0.1, -0.05) is 12.1 Å². The van der Waals surface area contributed by atoms with Crippen LogP contribution in [-0.4, -0.2) is 16.2 Å². The SMILES string of the molecule is FC(F)Oc1ccccc1-n1c(=S)[nH]c2cc(I)ccc21. The Hall–Kier alpha value is -1.48. The summed E-state index contributed by atoms with van der Waals surface area (Å²) in [5.41, 5.74) is 2.14. The molecular formula is C14H9F2IN2OS. The number of fused-ring (bicyclic) bond motifs is 1. The topological polar surface area (TPSA) is 29.9 Å². The highest BCUT2D eigenvalue weighted by molar-refractivity contribution is 14.1. The van der Waals surface area contributed by atoms with Gasteiger partial charge in [0, 0.05) is 3.57 Å². The molecule has 0 radical (unpaired) electrons. The predicted octanol–water partition coefficient (Wildman–Crippen LogP) is 4.89. The van der Waals surface area contributed by atoms with Crippen molar-refractivity contribution in [3.8, 4) is 11.4 Å². The largest absolute Gasteiger partial charge is 0.433 e. The molecule has 1 heterocycles. The molecule has 0 aliphatic carbocycles. The predicted molar refractivity (Wildman–Crippen MR) is 87.8 cm³/mol. The second kappa shape index (κ2) is 5.72. The van der Waals surface area contributed by atoms with Crippen molar-refractivity contribution >= 4 is 45.8 Å². The van der Waals surface area contributed by atoms with Gasteiger partial charge in [-0.2, -0.15) is 8.78 Å². The monoisotopic (exact) mass is 418 g/mol. The Kier molecular flexibility index (Phi) is 3.94. The molecule has 21 heavy (non-hydrogen) atoms. The zero-order valence-corrected chi connectivity index (χ0v) is 13.5. The minimum Gasteiger partial charge on any atom is -0.433 e. The average molecular weight is 418 g/mol. The molecule has 3 rings (SSSR count). The minimum absolute atomic E-state index is 0.0862. The third-order valence-electron chi connectivity index (χ3n) is 2.97. The van der Waals surface area contributed by atoms with E-state index in [-0.39, 0.29) is 5.75 Å². The van der Waals surface area contributed by atoms with E-state index in [1.54, 1.807) is 22.8 Å². The molecule has 0 atom stereocenters. The van der Waals surface area contributed by atoms with Gasteiger partial charge in [-0.25, -0.2) is 0 Å². The van der Waals surface area contributed by atoms with Crippen molar-refractivity contribution < 1.29 is 13.5 Å². The van der Waals surface area contributed by atoms with Gasteiger partial charge < -0.3 is 9.72 Å². The van der Waals surface area contributed by atoms with Gasteiger partial charge in [-0.15, -0.1) is 0 Å². The van der Waals surface area contributed by atoms with Crippen LogP contribution in [0.15, 0.2) is 42.5 Å². The first-order chi connectivity index (χ1) is 10.1. The summed E-state index contributed by atoms with van der Waals surface area (Å²) in [5, 5.41) is 0. The normalized spacial score (nSPS) is 11.2. The molecule has 3 aromatic rings. The first kappa shape index (κ1) is 14.5. The van der Waals surface area contributed by atoms with Crippen molar-refractivity contribution in [1.29, 1.82) is 0 Å². The molecular weight excluding hydrogens is 409 g/mol. The van der Waals surface area contributed by atoms with E-state index in [0.717, 1.165) is 14.6 Å². The summed E-state index contributed by atoms with van der Waals surface area (Å²) in [4.78, 5) is 3.08. The van der Waals surface area contributed by atoms with Gasteiger partial charge in [0.25, 0.3) is 0 Å². The summed E-state index contributed by atoms with van der Waals surface area (Å²) in [6.45, 7) is -2.88. The Balaban J connectivity index is 2.26. The third-order valence-corrected chi connectivity index (χ3v) is 3.92. The zero-order chi connectivity index (χ0) is 15.0. The lowest BCUT2D eigenvalue weighted by Gasteiger charge is -2.11. The summed E-state index contributed by atoms with van der Waals surface area (Å²) >= 11 is 7.51. The molecule has 0 unspecified atom stereocenters. The van der Waals surface area contributed by atoms with Crippen LogP contribution >= 0.6 is 34.8 Å². The van der Waals surface area contributed by atoms with E-state index in [9.17, 15) is 8.78 Å². The minimum atomic E-state index is -2.88. The smallest absolute Gasteiger partial charge is 0.387 e. The molecule has 0 bridgehead atoms. The second-order valence-electron chi connectivity index (χ2n) is 4.27. The van der Waals surface area contributed by atoms with Crippen LogP contribution in [0.25, 0.3) is 16.7 Å². The Morgan fingerprint density at radius 1 is 1.19 bits per heavy atom. The fraction of sp³-hybridized carbons (Fsp3) is 0.0714. The standard InChI is InChI=1S/C14H9F2IN2OS/c15-13(16)20-12-4-2-1-3-11(12)19-10-6-5-8(17)7-9(10)18-14(19)21/h1-7,13H,(H,18,21). The van der Waals surface area contributed by atoms with Crippen molar-refractivity contribution in [2.45, 2.75) is 6.61 Å². The van der Waals surface area contributed by atoms with Crippen LogP contribution in [0.1, 0.15) is 0 Å². The van der Waals surface area contributed by atoms with Crippen LogP contribution < -0.4 is 4.74 Å². The fourth-order valence-corrected chi connectivity index (χ4v) is 2.96. The van der Waals surface area contributed by atoms with Crippen LogP contribution in [0.3, 0.4) is 0 Å². The van der Waals surface area contributed by atoms with Crippen LogP contribution in [0.4, 0.5) is 8.78 Å². The first-order valence-corrected chi connectivity index (χ1v) is 7.49. The van der Waals surface area contributed by atoms with Crippen LogP contribution in [-0.2, 0) is 0 Å². The maximum atomic E-state index is 12.5. The Morgan fingerprint density at radius 2 is 1.95 bits per heavy atom. The zero-order valence-electron chi connectivity index (χ0n) is 10.5. The van der Waals surface area contributed by atoms with Gasteiger partial charge in [0.1, 0.15) is 5.75 Å². The Morgan fingerprint density at radius 3 is 2.71 bits per heavy atom. The van der Waals surface area contributed by atoms with E-state index in [1.165, 1.54) is 6.07 Å². The van der Waals surface area contributed by atoms with E-state index in [0.29, 0.717) is 10.5 Å². The molecule has 1 N–H and O–H groups in total. The number of aromatic amines is 1. The number of aromatic nitrogens is 2. The highest BCUT2D eigenvalue weighted by atomic mass is 127. The van der Waals surface area contributed by atoms with E-state index in [4.69, 9.17) is 12.2 Å². The number of ether oxygens (including phenoxy) is 1. The average Bonchev–Trinajstić information content (AvgIpc) is 2.74. The molecule has 0 spiro atoms. The van der Waals surface area contributed by atoms with Gasteiger partial charge >= 0.3 is 6.61 Å². The highest BCUT2D eigenvalue weighted by Crippen LogP contribution is 2.28. The van der Waals surface area contributed by atoms with E-state index in [1.807, 2.05) is 18.2 Å². The maximum absolute atomic E-state index is 12.5. The Bertz CT molecular complexity index is 860. The molecule has 1 aromatic heterocycles. The molecule has 0 aliphatic rings. The van der Waals surface area contributed by atoms with Crippen molar-refractivity contribution in [1.82, 2.24) is 9.55 Å². The summed E-state index contributed by atoms with van der Waals surface area (Å²) in [5.74, 6) is 0.0862. The number of nitrogens with zero attached hydrogens (tertiary/aromatic N) is 1. The van der Waals surface area contributed by atoms with Crippen molar-refractivity contribution in [3.05, 3.63) is 50.8 Å². The van der Waals surface area contributed by atoms with E-state index >= 15 is 0 Å². The van der Waals surface area contributed by atoms with Crippen molar-refractivity contribution in [2.75, 3.05) is 0 Å². The first-order valence-electron chi connectivity index (χ1n) is 6.01. The van der Waals surface area contributed by atoms with Gasteiger partial charge in [0.15, 0.2) is 4.77 Å². The van der Waals surface area contributed by atoms with Crippen molar-refractivity contribution in [2.24, 2.45) is 0 Å². The number of hydrogen-bond acceptors (Lipinski definition) is 2. The highest BCUT2D eigenvalue weighted by Gasteiger charge is 2.14. The molecule has 7 heteroatoms. The fourth-order valence-electron chi connectivity index (χ4n) is 2.16. The van der Waals surface area contributed by atoms with E-state index < -0.39 is 6.61 Å². The van der Waals surface area contributed by atoms with Crippen LogP contribution in [0, 0.1) is 8.34 Å². The summed E-state index contributed by atoms with van der Waals surface area (Å²) in [6, 6.07) is 12.3. The van der Waals surface area contributed by atoms with Gasteiger partial charge in [-0.3, -0.25) is 4.57 Å². The Labute approximate surface area is 137 Å². The summed E-state index contributed by atoms with van der Waals surface area (Å²) < 4.78 is 32.8. The number of nitrogens with one attached hydrogen (secondary N) is 1. The maximum Gasteiger partial charge on any atom is 0.387 e. The lowest BCUT2D eigenvalue weighted by atomic mass is 10.2. The van der Waals surface area contributed by atoms with Crippen LogP contribution in [0.5, 0.6) is 5.75 Å². The van der Waals surface area contributed by atoms with Crippen molar-refractivity contribution in [3.63, 3.8) is 0 Å². The number of imidazole rings is 1. The summed E-state index contributed by atoms with van der Waals surface area (Å²) in [6.07, 6.45) is 0. The van der Waals surface area contributed by atoms with Gasteiger partial charge in [0.2, 0.25) is 0 Å². The number of para-hydroxylation sites is 2. The van der Waals surface area contributed by atoms with Gasteiger partial charge in [0.05, 0.1) is 16.7 Å². The number of alkyl halides is 2. The lowest BCUT2D eigenvalue weighted by molar-refractivity contribution is -0.0498. The molecule has 2 aromatic carbocycles. The lowest BCUT2D eigenvalue weighted by Crippen LogP contribution is -2.06. The quantitative estimate of drug-likeness (QED) is 0.485. The van der Waals surface area contributed by atoms with E-state index in [2.05, 4.69) is 32.3 Å². The molecule has 108 valence electrons. The number of rotatable bonds is 3. The molecule has 0 saturated heterocycles. The number of benzene rings is 2. The number of halogens is 3. The van der Waals surface area contributed by atoms with Gasteiger partial charge in [-0.05, 0) is 65.1 Å². The van der Waals surface area contributed by atoms with Crippen LogP contribution in [0.2, 0.25) is 0 Å². The molecule has 0 fully saturated rings. The number of H-pyrrole nitrogens is 1. The molecule has 0 amide bonds. The summed E-state index contributed by atoms with van der Waals surface area (Å²) in [7, 11) is 0.